The third kappa shape index (κ3) is 9.62. The summed E-state index contributed by atoms with van der Waals surface area (Å²) in [4.78, 5) is 23.7. The molecule has 2 aromatic carbocycles. The lowest BCUT2D eigenvalue weighted by Gasteiger charge is -2.12. The molecule has 0 atom stereocenters. The maximum Gasteiger partial charge on any atom is 0.186 e. The maximum absolute atomic E-state index is 11.9. The summed E-state index contributed by atoms with van der Waals surface area (Å²) in [6, 6.07) is 12.8. The number of aryl methyl sites for hydroxylation is 1. The molecule has 0 bridgehead atoms. The molecular weight excluding hydrogens is 452 g/mol. The molecule has 0 saturated heterocycles. The zero-order valence-electron chi connectivity index (χ0n) is 20.0. The van der Waals surface area contributed by atoms with Crippen LogP contribution in [0.2, 0.25) is 0 Å². The Balaban J connectivity index is 1.09. The number of benzene rings is 2. The van der Waals surface area contributed by atoms with Crippen LogP contribution in [-0.4, -0.2) is 77.6 Å². The average Bonchev–Trinajstić information content (AvgIpc) is 2.86. The van der Waals surface area contributed by atoms with Crippen molar-refractivity contribution in [2.45, 2.75) is 6.92 Å². The van der Waals surface area contributed by atoms with Crippen molar-refractivity contribution >= 4 is 11.6 Å². The predicted molar refractivity (Wildman–Crippen MR) is 130 cm³/mol. The van der Waals surface area contributed by atoms with Gasteiger partial charge in [-0.3, -0.25) is 9.59 Å². The highest BCUT2D eigenvalue weighted by Crippen LogP contribution is 2.22. The first-order chi connectivity index (χ1) is 17.1. The monoisotopic (exact) mass is 484 g/mol. The van der Waals surface area contributed by atoms with Crippen molar-refractivity contribution in [3.63, 3.8) is 0 Å². The van der Waals surface area contributed by atoms with E-state index in [9.17, 15) is 9.59 Å². The normalized spacial score (nSPS) is 12.6. The predicted octanol–water partition coefficient (Wildman–Crippen LogP) is 3.45. The standard InChI is InChI=1S/C27H32O8/c1-21-3-2-4-22(19-21)34-17-15-32-13-11-30-9-10-31-12-14-33-16-18-35-23-5-6-24-25(20-23)27(29)8-7-26(24)28/h2-8,19-20H,9-18H2,1H3. The van der Waals surface area contributed by atoms with Gasteiger partial charge in [0.05, 0.1) is 52.9 Å². The Labute approximate surface area is 205 Å². The SMILES string of the molecule is Cc1cccc(OCCOCCOCCOCCOCCOc2ccc3c(c2)C(=O)C=CC3=O)c1. The molecule has 1 aliphatic rings. The molecule has 188 valence electrons. The van der Waals surface area contributed by atoms with Crippen LogP contribution in [-0.2, 0) is 18.9 Å². The maximum atomic E-state index is 11.9. The van der Waals surface area contributed by atoms with Gasteiger partial charge < -0.3 is 28.4 Å². The molecule has 3 rings (SSSR count). The van der Waals surface area contributed by atoms with Crippen LogP contribution >= 0.6 is 0 Å². The van der Waals surface area contributed by atoms with Crippen LogP contribution in [0.3, 0.4) is 0 Å². The van der Waals surface area contributed by atoms with Crippen molar-refractivity contribution in [1.82, 2.24) is 0 Å². The first kappa shape index (κ1) is 26.6. The fraction of sp³-hybridized carbons (Fsp3) is 0.407. The van der Waals surface area contributed by atoms with Crippen molar-refractivity contribution in [2.75, 3.05) is 66.1 Å². The number of ether oxygens (including phenoxy) is 6. The summed E-state index contributed by atoms with van der Waals surface area (Å²) in [5.41, 5.74) is 1.93. The van der Waals surface area contributed by atoms with Gasteiger partial charge in [-0.2, -0.15) is 0 Å². The number of carbonyl (C=O) groups is 2. The molecule has 0 aromatic heterocycles. The molecule has 0 radical (unpaired) electrons. The zero-order chi connectivity index (χ0) is 24.7. The summed E-state index contributed by atoms with van der Waals surface area (Å²) < 4.78 is 33.1. The Morgan fingerprint density at radius 1 is 0.543 bits per heavy atom. The summed E-state index contributed by atoms with van der Waals surface area (Å²) in [6.45, 7) is 6.62. The molecule has 0 N–H and O–H groups in total. The van der Waals surface area contributed by atoms with Crippen molar-refractivity contribution in [1.29, 1.82) is 0 Å². The van der Waals surface area contributed by atoms with E-state index in [1.807, 2.05) is 31.2 Å². The topological polar surface area (TPSA) is 89.5 Å². The minimum Gasteiger partial charge on any atom is -0.491 e. The van der Waals surface area contributed by atoms with E-state index in [1.165, 1.54) is 17.7 Å². The van der Waals surface area contributed by atoms with Crippen LogP contribution in [0.25, 0.3) is 0 Å². The molecule has 0 fully saturated rings. The minimum absolute atomic E-state index is 0.173. The highest BCUT2D eigenvalue weighted by atomic mass is 16.6. The summed E-state index contributed by atoms with van der Waals surface area (Å²) in [7, 11) is 0. The third-order valence-corrected chi connectivity index (χ3v) is 5.01. The molecule has 0 saturated carbocycles. The molecule has 0 unspecified atom stereocenters. The first-order valence-corrected chi connectivity index (χ1v) is 11.7. The van der Waals surface area contributed by atoms with E-state index in [-0.39, 0.29) is 11.6 Å². The molecule has 8 nitrogen and oxygen atoms in total. The largest absolute Gasteiger partial charge is 0.491 e. The Bertz CT molecular complexity index is 985. The fourth-order valence-corrected chi connectivity index (χ4v) is 3.27. The van der Waals surface area contributed by atoms with Gasteiger partial charge in [-0.05, 0) is 55.0 Å². The molecule has 2 aromatic rings. The van der Waals surface area contributed by atoms with Crippen LogP contribution < -0.4 is 9.47 Å². The second kappa shape index (κ2) is 15.1. The van der Waals surface area contributed by atoms with Gasteiger partial charge in [0.25, 0.3) is 0 Å². The van der Waals surface area contributed by atoms with Gasteiger partial charge in [0.15, 0.2) is 11.6 Å². The number of fused-ring (bicyclic) bond motifs is 1. The summed E-state index contributed by atoms with van der Waals surface area (Å²) in [6.07, 6.45) is 2.56. The molecule has 8 heteroatoms. The number of hydrogen-bond donors (Lipinski definition) is 0. The Kier molecular flexibility index (Phi) is 11.4. The van der Waals surface area contributed by atoms with Crippen LogP contribution in [0.1, 0.15) is 26.3 Å². The Morgan fingerprint density at radius 3 is 1.57 bits per heavy atom. The molecule has 0 amide bonds. The van der Waals surface area contributed by atoms with Gasteiger partial charge in [0, 0.05) is 11.1 Å². The third-order valence-electron chi connectivity index (χ3n) is 5.01. The van der Waals surface area contributed by atoms with Gasteiger partial charge in [0.2, 0.25) is 0 Å². The zero-order valence-corrected chi connectivity index (χ0v) is 20.0. The summed E-state index contributed by atoms with van der Waals surface area (Å²) >= 11 is 0. The Hall–Kier alpha value is -3.04. The number of carbonyl (C=O) groups excluding carboxylic acids is 2. The average molecular weight is 485 g/mol. The van der Waals surface area contributed by atoms with Crippen molar-refractivity contribution in [3.8, 4) is 11.5 Å². The number of ketones is 2. The highest BCUT2D eigenvalue weighted by Gasteiger charge is 2.19. The molecule has 0 spiro atoms. The second-order valence-corrected chi connectivity index (χ2v) is 7.73. The fourth-order valence-electron chi connectivity index (χ4n) is 3.27. The van der Waals surface area contributed by atoms with Gasteiger partial charge in [-0.15, -0.1) is 0 Å². The summed E-state index contributed by atoms with van der Waals surface area (Å²) in [5, 5.41) is 0. The smallest absolute Gasteiger partial charge is 0.186 e. The lowest BCUT2D eigenvalue weighted by Crippen LogP contribution is -2.15. The van der Waals surface area contributed by atoms with Gasteiger partial charge in [-0.25, -0.2) is 0 Å². The van der Waals surface area contributed by atoms with E-state index in [0.717, 1.165) is 5.75 Å². The summed E-state index contributed by atoms with van der Waals surface area (Å²) in [5.74, 6) is 1.01. The molecule has 0 aliphatic heterocycles. The van der Waals surface area contributed by atoms with Gasteiger partial charge in [0.1, 0.15) is 24.7 Å². The van der Waals surface area contributed by atoms with Crippen LogP contribution in [0.5, 0.6) is 11.5 Å². The van der Waals surface area contributed by atoms with E-state index >= 15 is 0 Å². The van der Waals surface area contributed by atoms with E-state index in [2.05, 4.69) is 0 Å². The molecule has 35 heavy (non-hydrogen) atoms. The van der Waals surface area contributed by atoms with E-state index in [0.29, 0.717) is 82.9 Å². The van der Waals surface area contributed by atoms with E-state index in [4.69, 9.17) is 28.4 Å². The molecule has 1 aliphatic carbocycles. The van der Waals surface area contributed by atoms with E-state index < -0.39 is 0 Å². The van der Waals surface area contributed by atoms with E-state index in [1.54, 1.807) is 18.2 Å². The van der Waals surface area contributed by atoms with Crippen LogP contribution in [0.15, 0.2) is 54.6 Å². The first-order valence-electron chi connectivity index (χ1n) is 11.7. The van der Waals surface area contributed by atoms with Crippen molar-refractivity contribution in [3.05, 3.63) is 71.3 Å². The Morgan fingerprint density at radius 2 is 1.03 bits per heavy atom. The molecule has 0 heterocycles. The quantitative estimate of drug-likeness (QED) is 0.316. The van der Waals surface area contributed by atoms with Crippen molar-refractivity contribution in [2.24, 2.45) is 0 Å². The van der Waals surface area contributed by atoms with Crippen molar-refractivity contribution < 1.29 is 38.0 Å². The number of allylic oxidation sites excluding steroid dienone is 2. The van der Waals surface area contributed by atoms with Gasteiger partial charge >= 0.3 is 0 Å². The number of rotatable bonds is 17. The lowest BCUT2D eigenvalue weighted by molar-refractivity contribution is -0.00699. The number of hydrogen-bond acceptors (Lipinski definition) is 8. The molecular formula is C27H32O8. The van der Waals surface area contributed by atoms with Crippen LogP contribution in [0, 0.1) is 6.92 Å². The second-order valence-electron chi connectivity index (χ2n) is 7.73. The lowest BCUT2D eigenvalue weighted by atomic mass is 9.95. The highest BCUT2D eigenvalue weighted by molar-refractivity contribution is 6.22. The van der Waals surface area contributed by atoms with Crippen LogP contribution in [0.4, 0.5) is 0 Å². The van der Waals surface area contributed by atoms with Gasteiger partial charge in [-0.1, -0.05) is 12.1 Å². The minimum atomic E-state index is -0.196.